The minimum absolute atomic E-state index is 0.00671. The van der Waals surface area contributed by atoms with Crippen molar-refractivity contribution in [2.75, 3.05) is 0 Å². The summed E-state index contributed by atoms with van der Waals surface area (Å²) in [4.78, 5) is 27.6. The number of phenols is 1. The molecule has 6 heteroatoms. The van der Waals surface area contributed by atoms with Crippen LogP contribution in [-0.2, 0) is 21.4 Å². The molecule has 0 aliphatic carbocycles. The third kappa shape index (κ3) is 7.47. The van der Waals surface area contributed by atoms with Crippen LogP contribution in [0.15, 0.2) is 52.0 Å². The number of thioether (sulfide) groups is 1. The number of aryl methyl sites for hydroxylation is 2. The van der Waals surface area contributed by atoms with Gasteiger partial charge in [0.1, 0.15) is 22.0 Å². The van der Waals surface area contributed by atoms with E-state index in [4.69, 9.17) is 4.74 Å². The molecule has 1 aliphatic rings. The van der Waals surface area contributed by atoms with Crippen molar-refractivity contribution in [3.63, 3.8) is 0 Å². The van der Waals surface area contributed by atoms with Crippen LogP contribution in [-0.4, -0.2) is 27.6 Å². The quantitative estimate of drug-likeness (QED) is 0.252. The number of esters is 1. The second-order valence-electron chi connectivity index (χ2n) is 13.4. The van der Waals surface area contributed by atoms with Crippen molar-refractivity contribution >= 4 is 23.5 Å². The van der Waals surface area contributed by atoms with Crippen LogP contribution >= 0.6 is 11.8 Å². The fraction of sp³-hybridized carbons (Fsp3) is 0.515. The summed E-state index contributed by atoms with van der Waals surface area (Å²) in [6, 6.07) is 10.9. The maximum Gasteiger partial charge on any atom is 0.349 e. The van der Waals surface area contributed by atoms with Gasteiger partial charge in [-0.2, -0.15) is 0 Å². The number of aliphatic hydroxyl groups is 1. The summed E-state index contributed by atoms with van der Waals surface area (Å²) in [7, 11) is 0. The second kappa shape index (κ2) is 11.4. The van der Waals surface area contributed by atoms with Gasteiger partial charge in [-0.25, -0.2) is 4.79 Å². The molecule has 0 spiro atoms. The maximum absolute atomic E-state index is 13.4. The van der Waals surface area contributed by atoms with Crippen LogP contribution < -0.4 is 0 Å². The minimum atomic E-state index is -0.824. The third-order valence-electron chi connectivity index (χ3n) is 7.37. The number of carbonyl (C=O) groups is 2. The topological polar surface area (TPSA) is 83.8 Å². The Kier molecular flexibility index (Phi) is 9.01. The second-order valence-corrected chi connectivity index (χ2v) is 14.5. The van der Waals surface area contributed by atoms with Gasteiger partial charge in [0, 0.05) is 23.3 Å². The number of Topliss-reactive ketones (excluding diaryl/α,β-unsaturated/α-hetero) is 1. The average molecular weight is 553 g/mol. The van der Waals surface area contributed by atoms with Crippen LogP contribution in [0, 0.1) is 18.3 Å². The summed E-state index contributed by atoms with van der Waals surface area (Å²) >= 11 is 1.23. The van der Waals surface area contributed by atoms with Gasteiger partial charge >= 0.3 is 5.97 Å². The summed E-state index contributed by atoms with van der Waals surface area (Å²) in [5.41, 5.74) is 2.32. The normalized spacial score (nSPS) is 18.5. The summed E-state index contributed by atoms with van der Waals surface area (Å²) in [5, 5.41) is 20.8. The van der Waals surface area contributed by atoms with Gasteiger partial charge in [-0.05, 0) is 77.5 Å². The van der Waals surface area contributed by atoms with Gasteiger partial charge in [-0.15, -0.1) is 0 Å². The molecule has 0 bridgehead atoms. The Morgan fingerprint density at radius 3 is 2.18 bits per heavy atom. The van der Waals surface area contributed by atoms with E-state index < -0.39 is 11.6 Å². The first-order valence-electron chi connectivity index (χ1n) is 13.7. The molecule has 2 aromatic carbocycles. The smallest absolute Gasteiger partial charge is 0.349 e. The Morgan fingerprint density at radius 2 is 1.67 bits per heavy atom. The number of hydrogen-bond donors (Lipinski definition) is 2. The molecule has 0 saturated carbocycles. The van der Waals surface area contributed by atoms with Gasteiger partial charge in [-0.1, -0.05) is 79.3 Å². The predicted octanol–water partition coefficient (Wildman–Crippen LogP) is 8.45. The van der Waals surface area contributed by atoms with E-state index in [-0.39, 0.29) is 45.4 Å². The maximum atomic E-state index is 13.4. The van der Waals surface area contributed by atoms with Gasteiger partial charge in [0.25, 0.3) is 0 Å². The SMILES string of the molecule is Cc1cc(SC2=C(O)C[C@@](CCc3ccc(O)cc3)(C(C)C)OC2=O)c(C(C)(C)C)cc1C(=O)CC(C)(C)C. The molecule has 212 valence electrons. The largest absolute Gasteiger partial charge is 0.511 e. The van der Waals surface area contributed by atoms with Crippen molar-refractivity contribution in [3.8, 4) is 5.75 Å². The van der Waals surface area contributed by atoms with Gasteiger partial charge < -0.3 is 14.9 Å². The van der Waals surface area contributed by atoms with Crippen molar-refractivity contribution in [1.29, 1.82) is 0 Å². The first kappa shape index (κ1) is 30.8. The van der Waals surface area contributed by atoms with E-state index in [1.165, 1.54) is 11.8 Å². The number of rotatable bonds is 8. The van der Waals surface area contributed by atoms with Crippen LogP contribution in [0.2, 0.25) is 0 Å². The predicted molar refractivity (Wildman–Crippen MR) is 158 cm³/mol. The highest BCUT2D eigenvalue weighted by molar-refractivity contribution is 8.04. The fourth-order valence-corrected chi connectivity index (χ4v) is 6.20. The molecule has 3 rings (SSSR count). The molecular formula is C33H44O5S. The number of hydrogen-bond acceptors (Lipinski definition) is 6. The summed E-state index contributed by atoms with van der Waals surface area (Å²) in [5.74, 6) is -0.168. The van der Waals surface area contributed by atoms with E-state index in [1.807, 2.05) is 45.0 Å². The van der Waals surface area contributed by atoms with E-state index in [0.29, 0.717) is 24.8 Å². The Balaban J connectivity index is 1.94. The van der Waals surface area contributed by atoms with Crippen molar-refractivity contribution in [1.82, 2.24) is 0 Å². The van der Waals surface area contributed by atoms with Crippen LogP contribution in [0.1, 0.15) is 102 Å². The van der Waals surface area contributed by atoms with Crippen molar-refractivity contribution in [3.05, 3.63) is 69.3 Å². The molecule has 2 aromatic rings. The van der Waals surface area contributed by atoms with Crippen molar-refractivity contribution in [2.24, 2.45) is 11.3 Å². The molecule has 0 fully saturated rings. The monoisotopic (exact) mass is 552 g/mol. The third-order valence-corrected chi connectivity index (χ3v) is 8.54. The van der Waals surface area contributed by atoms with E-state index in [9.17, 15) is 19.8 Å². The van der Waals surface area contributed by atoms with Crippen molar-refractivity contribution in [2.45, 2.75) is 104 Å². The Bertz CT molecular complexity index is 1260. The molecule has 0 unspecified atom stereocenters. The van der Waals surface area contributed by atoms with Gasteiger partial charge in [-0.3, -0.25) is 4.79 Å². The first-order valence-corrected chi connectivity index (χ1v) is 14.5. The number of ether oxygens (including phenoxy) is 1. The fourth-order valence-electron chi connectivity index (χ4n) is 4.96. The number of aromatic hydroxyl groups is 1. The Hall–Kier alpha value is -2.73. The van der Waals surface area contributed by atoms with Crippen LogP contribution in [0.3, 0.4) is 0 Å². The number of ketones is 1. The molecule has 0 radical (unpaired) electrons. The molecule has 39 heavy (non-hydrogen) atoms. The number of phenolic OH excluding ortho intramolecular Hbond substituents is 1. The molecule has 0 aromatic heterocycles. The zero-order chi connectivity index (χ0) is 29.3. The summed E-state index contributed by atoms with van der Waals surface area (Å²) in [6.45, 7) is 18.4. The Morgan fingerprint density at radius 1 is 1.05 bits per heavy atom. The van der Waals surface area contributed by atoms with Gasteiger partial charge in [0.2, 0.25) is 0 Å². The van der Waals surface area contributed by atoms with Crippen LogP contribution in [0.5, 0.6) is 5.75 Å². The summed E-state index contributed by atoms with van der Waals surface area (Å²) < 4.78 is 6.13. The van der Waals surface area contributed by atoms with Crippen molar-refractivity contribution < 1.29 is 24.5 Å². The number of aliphatic hydroxyl groups excluding tert-OH is 1. The lowest BCUT2D eigenvalue weighted by Gasteiger charge is -2.40. The zero-order valence-electron chi connectivity index (χ0n) is 24.9. The van der Waals surface area contributed by atoms with E-state index in [1.54, 1.807) is 12.1 Å². The lowest BCUT2D eigenvalue weighted by atomic mass is 9.80. The number of benzene rings is 2. The lowest BCUT2D eigenvalue weighted by molar-refractivity contribution is -0.164. The highest BCUT2D eigenvalue weighted by Crippen LogP contribution is 2.45. The summed E-state index contributed by atoms with van der Waals surface area (Å²) in [6.07, 6.45) is 1.89. The first-order chi connectivity index (χ1) is 17.9. The average Bonchev–Trinajstić information content (AvgIpc) is 2.79. The van der Waals surface area contributed by atoms with Crippen LogP contribution in [0.4, 0.5) is 0 Å². The number of carbonyl (C=O) groups excluding carboxylic acids is 2. The van der Waals surface area contributed by atoms with Crippen LogP contribution in [0.25, 0.3) is 0 Å². The molecule has 0 amide bonds. The highest BCUT2D eigenvalue weighted by atomic mass is 32.2. The standard InChI is InChI=1S/C33H44O5S/c1-20(2)33(15-14-22-10-12-23(34)13-11-22)19-27(36)29(30(37)38-33)39-28-16-21(3)24(17-25(28)32(7,8)9)26(35)18-31(4,5)6/h10-13,16-17,20,34,36H,14-15,18-19H2,1-9H3/t33-/m0/s1. The zero-order valence-corrected chi connectivity index (χ0v) is 25.7. The Labute approximate surface area is 238 Å². The van der Waals surface area contributed by atoms with Gasteiger partial charge in [0.05, 0.1) is 0 Å². The minimum Gasteiger partial charge on any atom is -0.511 e. The number of cyclic esters (lactones) is 1. The molecule has 1 aliphatic heterocycles. The highest BCUT2D eigenvalue weighted by Gasteiger charge is 2.44. The molecular weight excluding hydrogens is 508 g/mol. The molecule has 5 nitrogen and oxygen atoms in total. The van der Waals surface area contributed by atoms with E-state index >= 15 is 0 Å². The van der Waals surface area contributed by atoms with E-state index in [2.05, 4.69) is 41.5 Å². The van der Waals surface area contributed by atoms with E-state index in [0.717, 1.165) is 21.6 Å². The molecule has 1 heterocycles. The molecule has 2 N–H and O–H groups in total. The lowest BCUT2D eigenvalue weighted by Crippen LogP contribution is -2.44. The molecule has 1 atom stereocenters. The molecule has 0 saturated heterocycles. The van der Waals surface area contributed by atoms with Gasteiger partial charge in [0.15, 0.2) is 5.78 Å².